The zero-order valence-corrected chi connectivity index (χ0v) is 8.28. The third kappa shape index (κ3) is 6.38. The Morgan fingerprint density at radius 2 is 1.29 bits per heavy atom. The average Bonchev–Trinajstić information content (AvgIpc) is 2.09. The largest absolute Gasteiger partial charge is 0.392 e. The molecule has 0 rings (SSSR count). The van der Waals surface area contributed by atoms with Crippen molar-refractivity contribution in [3.8, 4) is 0 Å². The molecule has 2 amide bonds. The van der Waals surface area contributed by atoms with Gasteiger partial charge in [-0.1, -0.05) is 0 Å². The lowest BCUT2D eigenvalue weighted by Crippen LogP contribution is -2.44. The van der Waals surface area contributed by atoms with E-state index in [1.807, 2.05) is 0 Å². The van der Waals surface area contributed by atoms with Crippen molar-refractivity contribution < 1.29 is 19.8 Å². The number of rotatable bonds is 4. The molecule has 0 aliphatic rings. The second-order valence-corrected chi connectivity index (χ2v) is 3.12. The van der Waals surface area contributed by atoms with Gasteiger partial charge in [-0.3, -0.25) is 9.59 Å². The van der Waals surface area contributed by atoms with Crippen LogP contribution in [0.25, 0.3) is 0 Å². The lowest BCUT2D eigenvalue weighted by Gasteiger charge is -2.08. The van der Waals surface area contributed by atoms with Crippen molar-refractivity contribution in [1.29, 1.82) is 0 Å². The highest BCUT2D eigenvalue weighted by molar-refractivity contribution is 6.35. The Bertz CT molecular complexity index is 182. The van der Waals surface area contributed by atoms with Crippen molar-refractivity contribution in [2.24, 2.45) is 0 Å². The van der Waals surface area contributed by atoms with Crippen molar-refractivity contribution in [3.05, 3.63) is 0 Å². The summed E-state index contributed by atoms with van der Waals surface area (Å²) in [6, 6.07) is 0. The monoisotopic (exact) mass is 204 g/mol. The molecule has 0 heterocycles. The summed E-state index contributed by atoms with van der Waals surface area (Å²) >= 11 is 0. The van der Waals surface area contributed by atoms with Gasteiger partial charge in [0.2, 0.25) is 0 Å². The number of nitrogens with one attached hydrogen (secondary N) is 2. The molecule has 0 aromatic heterocycles. The average molecular weight is 204 g/mol. The SMILES string of the molecule is CC(O)CNC(=O)C(=O)NCC(C)O. The normalized spacial score (nSPS) is 14.3. The highest BCUT2D eigenvalue weighted by atomic mass is 16.3. The van der Waals surface area contributed by atoms with Crippen molar-refractivity contribution in [3.63, 3.8) is 0 Å². The number of hydrogen-bond donors (Lipinski definition) is 4. The van der Waals surface area contributed by atoms with E-state index in [2.05, 4.69) is 10.6 Å². The number of aliphatic hydroxyl groups excluding tert-OH is 2. The smallest absolute Gasteiger partial charge is 0.309 e. The number of carbonyl (C=O) groups excluding carboxylic acids is 2. The van der Waals surface area contributed by atoms with Crippen LogP contribution in [0.15, 0.2) is 0 Å². The third-order valence-electron chi connectivity index (χ3n) is 1.32. The zero-order valence-electron chi connectivity index (χ0n) is 8.28. The third-order valence-corrected chi connectivity index (χ3v) is 1.32. The second kappa shape index (κ2) is 6.33. The Labute approximate surface area is 82.3 Å². The molecule has 6 heteroatoms. The molecule has 0 aliphatic carbocycles. The Balaban J connectivity index is 3.71. The molecular weight excluding hydrogens is 188 g/mol. The van der Waals surface area contributed by atoms with Crippen LogP contribution in [0.2, 0.25) is 0 Å². The van der Waals surface area contributed by atoms with Crippen LogP contribution >= 0.6 is 0 Å². The quantitative estimate of drug-likeness (QED) is 0.397. The maximum Gasteiger partial charge on any atom is 0.309 e. The van der Waals surface area contributed by atoms with Crippen molar-refractivity contribution in [2.75, 3.05) is 13.1 Å². The van der Waals surface area contributed by atoms with E-state index in [9.17, 15) is 9.59 Å². The molecule has 2 unspecified atom stereocenters. The number of hydrogen-bond acceptors (Lipinski definition) is 4. The van der Waals surface area contributed by atoms with Crippen LogP contribution in [-0.2, 0) is 9.59 Å². The van der Waals surface area contributed by atoms with Gasteiger partial charge in [0.1, 0.15) is 0 Å². The first-order valence-corrected chi connectivity index (χ1v) is 4.35. The summed E-state index contributed by atoms with van der Waals surface area (Å²) in [5, 5.41) is 22.1. The van der Waals surface area contributed by atoms with Crippen LogP contribution in [-0.4, -0.2) is 47.3 Å². The first-order valence-electron chi connectivity index (χ1n) is 4.35. The van der Waals surface area contributed by atoms with E-state index in [0.717, 1.165) is 0 Å². The molecule has 6 nitrogen and oxygen atoms in total. The molecule has 0 saturated carbocycles. The summed E-state index contributed by atoms with van der Waals surface area (Å²) in [5.41, 5.74) is 0. The van der Waals surface area contributed by atoms with Gasteiger partial charge >= 0.3 is 11.8 Å². The van der Waals surface area contributed by atoms with Gasteiger partial charge in [0.05, 0.1) is 12.2 Å². The van der Waals surface area contributed by atoms with Crippen LogP contribution in [0.4, 0.5) is 0 Å². The first-order chi connectivity index (χ1) is 6.43. The summed E-state index contributed by atoms with van der Waals surface area (Å²) in [7, 11) is 0. The summed E-state index contributed by atoms with van der Waals surface area (Å²) in [6.07, 6.45) is -1.38. The van der Waals surface area contributed by atoms with Gasteiger partial charge < -0.3 is 20.8 Å². The maximum absolute atomic E-state index is 10.9. The zero-order chi connectivity index (χ0) is 11.1. The lowest BCUT2D eigenvalue weighted by atomic mass is 10.4. The predicted octanol–water partition coefficient (Wildman–Crippen LogP) is -2.02. The molecule has 0 radical (unpaired) electrons. The Kier molecular flexibility index (Phi) is 5.82. The van der Waals surface area contributed by atoms with Crippen LogP contribution in [0, 0.1) is 0 Å². The van der Waals surface area contributed by atoms with E-state index in [-0.39, 0.29) is 13.1 Å². The molecule has 0 fully saturated rings. The van der Waals surface area contributed by atoms with Crippen LogP contribution < -0.4 is 10.6 Å². The van der Waals surface area contributed by atoms with E-state index in [0.29, 0.717) is 0 Å². The minimum atomic E-state index is -0.813. The van der Waals surface area contributed by atoms with Crippen molar-refractivity contribution in [2.45, 2.75) is 26.1 Å². The van der Waals surface area contributed by atoms with E-state index in [1.165, 1.54) is 13.8 Å². The molecule has 4 N–H and O–H groups in total. The molecular formula is C8H16N2O4. The fourth-order valence-corrected chi connectivity index (χ4v) is 0.641. The van der Waals surface area contributed by atoms with E-state index < -0.39 is 24.0 Å². The van der Waals surface area contributed by atoms with Crippen molar-refractivity contribution in [1.82, 2.24) is 10.6 Å². The summed E-state index contributed by atoms with van der Waals surface area (Å²) in [5.74, 6) is -1.63. The fourth-order valence-electron chi connectivity index (χ4n) is 0.641. The van der Waals surface area contributed by atoms with Gasteiger partial charge in [0.25, 0.3) is 0 Å². The minimum Gasteiger partial charge on any atom is -0.392 e. The maximum atomic E-state index is 10.9. The minimum absolute atomic E-state index is 0.0287. The van der Waals surface area contributed by atoms with Gasteiger partial charge in [-0.2, -0.15) is 0 Å². The Morgan fingerprint density at radius 3 is 1.50 bits per heavy atom. The predicted molar refractivity (Wildman–Crippen MR) is 49.4 cm³/mol. The van der Waals surface area contributed by atoms with Gasteiger partial charge in [-0.15, -0.1) is 0 Å². The van der Waals surface area contributed by atoms with Crippen LogP contribution in [0.1, 0.15) is 13.8 Å². The number of amides is 2. The van der Waals surface area contributed by atoms with Crippen LogP contribution in [0.3, 0.4) is 0 Å². The number of aliphatic hydroxyl groups is 2. The van der Waals surface area contributed by atoms with E-state index in [4.69, 9.17) is 10.2 Å². The molecule has 14 heavy (non-hydrogen) atoms. The van der Waals surface area contributed by atoms with Crippen molar-refractivity contribution >= 4 is 11.8 Å². The van der Waals surface area contributed by atoms with E-state index >= 15 is 0 Å². The van der Waals surface area contributed by atoms with Gasteiger partial charge in [-0.05, 0) is 13.8 Å². The molecule has 82 valence electrons. The van der Waals surface area contributed by atoms with E-state index in [1.54, 1.807) is 0 Å². The van der Waals surface area contributed by atoms with Crippen LogP contribution in [0.5, 0.6) is 0 Å². The Morgan fingerprint density at radius 1 is 1.00 bits per heavy atom. The summed E-state index contributed by atoms with van der Waals surface area (Å²) < 4.78 is 0. The lowest BCUT2D eigenvalue weighted by molar-refractivity contribution is -0.139. The number of carbonyl (C=O) groups is 2. The molecule has 2 atom stereocenters. The second-order valence-electron chi connectivity index (χ2n) is 3.12. The first kappa shape index (κ1) is 12.9. The molecule has 0 bridgehead atoms. The highest BCUT2D eigenvalue weighted by Gasteiger charge is 2.13. The topological polar surface area (TPSA) is 98.7 Å². The molecule has 0 aromatic rings. The van der Waals surface area contributed by atoms with Gasteiger partial charge in [0.15, 0.2) is 0 Å². The molecule has 0 aromatic carbocycles. The van der Waals surface area contributed by atoms with Gasteiger partial charge in [-0.25, -0.2) is 0 Å². The Hall–Kier alpha value is -1.14. The fraction of sp³-hybridized carbons (Fsp3) is 0.750. The summed E-state index contributed by atoms with van der Waals surface area (Å²) in [6.45, 7) is 3.05. The van der Waals surface area contributed by atoms with Gasteiger partial charge in [0, 0.05) is 13.1 Å². The molecule has 0 spiro atoms. The standard InChI is InChI=1S/C8H16N2O4/c1-5(11)3-9-7(13)8(14)10-4-6(2)12/h5-6,11-12H,3-4H2,1-2H3,(H,9,13)(H,10,14). The summed E-state index contributed by atoms with van der Waals surface area (Å²) in [4.78, 5) is 21.9. The molecule has 0 saturated heterocycles. The highest BCUT2D eigenvalue weighted by Crippen LogP contribution is 1.78. The molecule has 0 aliphatic heterocycles.